The zero-order chi connectivity index (χ0) is 9.11. The molecule has 0 aromatic heterocycles. The van der Waals surface area contributed by atoms with Crippen LogP contribution in [0, 0.1) is 0 Å². The first kappa shape index (κ1) is 12.8. The van der Waals surface area contributed by atoms with E-state index in [-0.39, 0.29) is 13.2 Å². The van der Waals surface area contributed by atoms with Gasteiger partial charge in [0.1, 0.15) is 0 Å². The van der Waals surface area contributed by atoms with E-state index in [2.05, 4.69) is 0 Å². The lowest BCUT2D eigenvalue weighted by Gasteiger charge is -1.96. The largest absolute Gasteiger partial charge is 0.652 e. The maximum Gasteiger partial charge on any atom is 0.0991 e. The Bertz CT molecular complexity index is 78.9. The summed E-state index contributed by atoms with van der Waals surface area (Å²) in [6.07, 6.45) is -2.33. The molecule has 0 heterocycles. The van der Waals surface area contributed by atoms with Crippen LogP contribution in [0.5, 0.6) is 0 Å². The van der Waals surface area contributed by atoms with Gasteiger partial charge in [0.25, 0.3) is 0 Å². The molecule has 6 nitrogen and oxygen atoms in total. The van der Waals surface area contributed by atoms with E-state index in [0.717, 1.165) is 0 Å². The molecule has 4 N–H and O–H groups in total. The van der Waals surface area contributed by atoms with Crippen LogP contribution >= 0.6 is 0 Å². The second kappa shape index (κ2) is 11.9. The number of aliphatic hydroxyl groups is 2. The van der Waals surface area contributed by atoms with Gasteiger partial charge in [-0.1, -0.05) is 0 Å². The highest BCUT2D eigenvalue weighted by Gasteiger charge is 1.82. The maximum atomic E-state index is 8.33. The Morgan fingerprint density at radius 1 is 1.18 bits per heavy atom. The molecule has 0 rings (SSSR count). The number of rotatable bonds is 4. The molecule has 0 aromatic carbocycles. The highest BCUT2D eigenvalue weighted by molar-refractivity contribution is 5.47. The molecular formula is C5H12NO5-. The van der Waals surface area contributed by atoms with Gasteiger partial charge in [-0.2, -0.15) is 0 Å². The molecule has 0 saturated heterocycles. The summed E-state index contributed by atoms with van der Waals surface area (Å²) >= 11 is 0. The third-order valence-electron chi connectivity index (χ3n) is 0.666. The van der Waals surface area contributed by atoms with Crippen molar-refractivity contribution in [2.24, 2.45) is 0 Å². The number of hydrogen-bond acceptors (Lipinski definition) is 5. The van der Waals surface area contributed by atoms with E-state index in [1.807, 2.05) is 5.32 Å². The predicted octanol–water partition coefficient (Wildman–Crippen LogP) is -4.91. The zero-order valence-electron chi connectivity index (χ0n) is 6.02. The summed E-state index contributed by atoms with van der Waals surface area (Å²) in [5.41, 5.74) is 0. The Labute approximate surface area is 64.1 Å². The van der Waals surface area contributed by atoms with Gasteiger partial charge in [-0.05, 0) is 6.16 Å². The molecular weight excluding hydrogens is 154 g/mol. The first-order valence-corrected chi connectivity index (χ1v) is 3.06. The number of nitrogens with two attached hydrogens (primary N) is 1. The van der Waals surface area contributed by atoms with Gasteiger partial charge in [-0.25, -0.2) is 0 Å². The van der Waals surface area contributed by atoms with Crippen LogP contribution < -0.4 is 15.5 Å². The normalized spacial score (nSPS) is 8.18. The summed E-state index contributed by atoms with van der Waals surface area (Å²) in [6, 6.07) is 0. The standard InChI is InChI=1S/C4H11NO2.CH2O3/c6-3-1-5-2-4-7;2-1(3)4/h5-7H,1-4H2;(H2,2,3,4)/p-1. The average Bonchev–Trinajstić information content (AvgIpc) is 1.88. The van der Waals surface area contributed by atoms with Gasteiger partial charge in [0.15, 0.2) is 0 Å². The molecule has 0 fully saturated rings. The Balaban J connectivity index is 0. The van der Waals surface area contributed by atoms with E-state index in [1.54, 1.807) is 0 Å². The lowest BCUT2D eigenvalue weighted by molar-refractivity contribution is -0.657. The SMILES string of the molecule is O=C([O-])[O-].OCC[NH2+]CCO. The van der Waals surface area contributed by atoms with E-state index in [9.17, 15) is 0 Å². The fourth-order valence-corrected chi connectivity index (χ4v) is 0.327. The summed E-state index contributed by atoms with van der Waals surface area (Å²) in [6.45, 7) is 1.78. The number of quaternary nitrogens is 1. The molecule has 0 unspecified atom stereocenters. The van der Waals surface area contributed by atoms with Gasteiger partial charge >= 0.3 is 0 Å². The van der Waals surface area contributed by atoms with Crippen LogP contribution in [0.1, 0.15) is 0 Å². The van der Waals surface area contributed by atoms with Crippen LogP contribution in [-0.2, 0) is 0 Å². The van der Waals surface area contributed by atoms with Crippen LogP contribution in [0.25, 0.3) is 0 Å². The summed E-state index contributed by atoms with van der Waals surface area (Å²) in [5, 5.41) is 34.9. The minimum absolute atomic E-state index is 0.194. The minimum Gasteiger partial charge on any atom is -0.652 e. The molecule has 0 aliphatic heterocycles. The molecule has 0 saturated carbocycles. The van der Waals surface area contributed by atoms with E-state index in [0.29, 0.717) is 13.1 Å². The van der Waals surface area contributed by atoms with Crippen LogP contribution in [0.2, 0.25) is 0 Å². The molecule has 0 aromatic rings. The monoisotopic (exact) mass is 166 g/mol. The maximum absolute atomic E-state index is 8.33. The Morgan fingerprint density at radius 3 is 1.64 bits per heavy atom. The minimum atomic E-state index is -2.33. The quantitative estimate of drug-likeness (QED) is 0.361. The molecule has 11 heavy (non-hydrogen) atoms. The van der Waals surface area contributed by atoms with Gasteiger partial charge in [0.05, 0.1) is 26.3 Å². The van der Waals surface area contributed by atoms with Crippen molar-refractivity contribution in [2.75, 3.05) is 26.3 Å². The van der Waals surface area contributed by atoms with Crippen LogP contribution in [0.4, 0.5) is 4.79 Å². The van der Waals surface area contributed by atoms with Crippen molar-refractivity contribution in [3.05, 3.63) is 0 Å². The van der Waals surface area contributed by atoms with Crippen molar-refractivity contribution in [3.8, 4) is 0 Å². The lowest BCUT2D eigenvalue weighted by Crippen LogP contribution is -2.85. The van der Waals surface area contributed by atoms with Gasteiger partial charge in [0.2, 0.25) is 0 Å². The fraction of sp³-hybridized carbons (Fsp3) is 0.800. The van der Waals surface area contributed by atoms with Crippen molar-refractivity contribution < 1.29 is 30.5 Å². The van der Waals surface area contributed by atoms with Crippen LogP contribution in [-0.4, -0.2) is 42.7 Å². The summed E-state index contributed by atoms with van der Waals surface area (Å²) in [4.78, 5) is 8.33. The highest BCUT2D eigenvalue weighted by atomic mass is 16.6. The van der Waals surface area contributed by atoms with Crippen molar-refractivity contribution in [2.45, 2.75) is 0 Å². The first-order valence-electron chi connectivity index (χ1n) is 3.06. The molecule has 0 bridgehead atoms. The van der Waals surface area contributed by atoms with Gasteiger partial charge in [-0.3, -0.25) is 0 Å². The number of aliphatic hydroxyl groups excluding tert-OH is 2. The number of hydrogen-bond donors (Lipinski definition) is 3. The first-order chi connectivity index (χ1) is 5.15. The number of carboxylic acid groups (broad SMARTS) is 2. The summed E-state index contributed by atoms with van der Waals surface area (Å²) < 4.78 is 0. The molecule has 0 amide bonds. The summed E-state index contributed by atoms with van der Waals surface area (Å²) in [5.74, 6) is 0. The Morgan fingerprint density at radius 2 is 1.45 bits per heavy atom. The van der Waals surface area contributed by atoms with Crippen LogP contribution in [0.3, 0.4) is 0 Å². The molecule has 6 heteroatoms. The Kier molecular flexibility index (Phi) is 13.8. The lowest BCUT2D eigenvalue weighted by atomic mass is 10.6. The smallest absolute Gasteiger partial charge is 0.0991 e. The molecule has 0 atom stereocenters. The molecule has 0 spiro atoms. The molecule has 68 valence electrons. The van der Waals surface area contributed by atoms with Gasteiger partial charge in [-0.15, -0.1) is 0 Å². The highest BCUT2D eigenvalue weighted by Crippen LogP contribution is 1.40. The number of carbonyl (C=O) groups excluding carboxylic acids is 1. The second-order valence-corrected chi connectivity index (χ2v) is 1.56. The second-order valence-electron chi connectivity index (χ2n) is 1.56. The molecule has 0 aliphatic carbocycles. The van der Waals surface area contributed by atoms with Crippen molar-refractivity contribution in [3.63, 3.8) is 0 Å². The van der Waals surface area contributed by atoms with E-state index < -0.39 is 6.16 Å². The fourth-order valence-electron chi connectivity index (χ4n) is 0.327. The predicted molar refractivity (Wildman–Crippen MR) is 31.2 cm³/mol. The van der Waals surface area contributed by atoms with Crippen molar-refractivity contribution in [1.82, 2.24) is 0 Å². The number of carbonyl (C=O) groups is 1. The van der Waals surface area contributed by atoms with Crippen molar-refractivity contribution in [1.29, 1.82) is 0 Å². The van der Waals surface area contributed by atoms with Crippen LogP contribution in [0.15, 0.2) is 0 Å². The van der Waals surface area contributed by atoms with Crippen molar-refractivity contribution >= 4 is 6.16 Å². The Hall–Kier alpha value is -0.850. The van der Waals surface area contributed by atoms with E-state index in [1.165, 1.54) is 0 Å². The molecule has 0 aliphatic rings. The van der Waals surface area contributed by atoms with Gasteiger partial charge in [0, 0.05) is 0 Å². The zero-order valence-corrected chi connectivity index (χ0v) is 6.02. The van der Waals surface area contributed by atoms with E-state index in [4.69, 9.17) is 25.2 Å². The topological polar surface area (TPSA) is 120 Å². The van der Waals surface area contributed by atoms with Gasteiger partial charge < -0.3 is 30.5 Å². The van der Waals surface area contributed by atoms with E-state index >= 15 is 0 Å². The third-order valence-corrected chi connectivity index (χ3v) is 0.666. The molecule has 0 radical (unpaired) electrons. The average molecular weight is 166 g/mol. The summed E-state index contributed by atoms with van der Waals surface area (Å²) in [7, 11) is 0. The third kappa shape index (κ3) is 47.1.